The molecule has 1 aliphatic heterocycles. The standard InChI is InChI=1S/C15H20Cl2N2O2/c1-10-4-5-19(12(6-10)8-18)15(20)9-21-14-7-11(16)2-3-13(14)17/h2-3,7,10,12H,4-6,8-9,18H2,1H3. The van der Waals surface area contributed by atoms with Crippen LogP contribution in [0.25, 0.3) is 0 Å². The first-order valence-corrected chi connectivity index (χ1v) is 7.84. The molecule has 1 aromatic rings. The lowest BCUT2D eigenvalue weighted by Gasteiger charge is -2.37. The first-order chi connectivity index (χ1) is 10.0. The van der Waals surface area contributed by atoms with Gasteiger partial charge >= 0.3 is 0 Å². The van der Waals surface area contributed by atoms with E-state index in [0.717, 1.165) is 19.4 Å². The number of carbonyl (C=O) groups excluding carboxylic acids is 1. The van der Waals surface area contributed by atoms with Gasteiger partial charge in [0.15, 0.2) is 6.61 Å². The summed E-state index contributed by atoms with van der Waals surface area (Å²) < 4.78 is 5.50. The van der Waals surface area contributed by atoms with Gasteiger partial charge in [-0.25, -0.2) is 0 Å². The second kappa shape index (κ2) is 7.34. The normalized spacial score (nSPS) is 22.2. The minimum atomic E-state index is -0.0617. The molecule has 0 radical (unpaired) electrons. The van der Waals surface area contributed by atoms with E-state index in [2.05, 4.69) is 6.92 Å². The van der Waals surface area contributed by atoms with E-state index in [-0.39, 0.29) is 18.6 Å². The highest BCUT2D eigenvalue weighted by Gasteiger charge is 2.29. The maximum Gasteiger partial charge on any atom is 0.260 e. The van der Waals surface area contributed by atoms with Crippen LogP contribution in [0.5, 0.6) is 5.75 Å². The van der Waals surface area contributed by atoms with Crippen molar-refractivity contribution in [3.05, 3.63) is 28.2 Å². The molecule has 0 saturated carbocycles. The number of benzene rings is 1. The predicted octanol–water partition coefficient (Wildman–Crippen LogP) is 2.96. The number of carbonyl (C=O) groups is 1. The Bertz CT molecular complexity index is 510. The fourth-order valence-electron chi connectivity index (χ4n) is 2.61. The van der Waals surface area contributed by atoms with Gasteiger partial charge in [0.1, 0.15) is 5.75 Å². The van der Waals surface area contributed by atoms with Crippen LogP contribution in [0.4, 0.5) is 0 Å². The second-order valence-electron chi connectivity index (χ2n) is 5.47. The van der Waals surface area contributed by atoms with Crippen molar-refractivity contribution in [2.24, 2.45) is 11.7 Å². The van der Waals surface area contributed by atoms with Gasteiger partial charge in [-0.15, -0.1) is 0 Å². The van der Waals surface area contributed by atoms with Crippen LogP contribution in [0.15, 0.2) is 18.2 Å². The summed E-state index contributed by atoms with van der Waals surface area (Å²) >= 11 is 11.9. The van der Waals surface area contributed by atoms with Gasteiger partial charge in [0.05, 0.1) is 5.02 Å². The van der Waals surface area contributed by atoms with Crippen LogP contribution >= 0.6 is 23.2 Å². The Morgan fingerprint density at radius 3 is 2.95 bits per heavy atom. The summed E-state index contributed by atoms with van der Waals surface area (Å²) in [6, 6.07) is 5.03. The molecule has 4 nitrogen and oxygen atoms in total. The molecule has 0 aromatic heterocycles. The van der Waals surface area contributed by atoms with Crippen LogP contribution in [0, 0.1) is 5.92 Å². The summed E-state index contributed by atoms with van der Waals surface area (Å²) in [5.74, 6) is 0.964. The van der Waals surface area contributed by atoms with Gasteiger partial charge in [-0.2, -0.15) is 0 Å². The van der Waals surface area contributed by atoms with Crippen molar-refractivity contribution in [3.63, 3.8) is 0 Å². The Hall–Kier alpha value is -0.970. The largest absolute Gasteiger partial charge is 0.482 e. The second-order valence-corrected chi connectivity index (χ2v) is 6.31. The van der Waals surface area contributed by atoms with Crippen molar-refractivity contribution < 1.29 is 9.53 Å². The molecule has 6 heteroatoms. The number of amides is 1. The highest BCUT2D eigenvalue weighted by Crippen LogP contribution is 2.28. The average Bonchev–Trinajstić information content (AvgIpc) is 2.47. The van der Waals surface area contributed by atoms with Gasteiger partial charge in [-0.3, -0.25) is 4.79 Å². The molecule has 1 amide bonds. The zero-order valence-electron chi connectivity index (χ0n) is 12.0. The molecule has 0 aliphatic carbocycles. The van der Waals surface area contributed by atoms with Crippen molar-refractivity contribution in [1.82, 2.24) is 4.90 Å². The van der Waals surface area contributed by atoms with Crippen LogP contribution in [0.2, 0.25) is 10.0 Å². The molecule has 0 spiro atoms. The molecule has 2 unspecified atom stereocenters. The minimum absolute atomic E-state index is 0.0507. The summed E-state index contributed by atoms with van der Waals surface area (Å²) in [5.41, 5.74) is 5.77. The molecule has 0 bridgehead atoms. The molecule has 21 heavy (non-hydrogen) atoms. The van der Waals surface area contributed by atoms with Crippen LogP contribution in [-0.4, -0.2) is 36.5 Å². The van der Waals surface area contributed by atoms with E-state index in [0.29, 0.717) is 28.3 Å². The monoisotopic (exact) mass is 330 g/mol. The molecule has 2 N–H and O–H groups in total. The number of piperidine rings is 1. The van der Waals surface area contributed by atoms with Crippen LogP contribution < -0.4 is 10.5 Å². The average molecular weight is 331 g/mol. The number of likely N-dealkylation sites (tertiary alicyclic amines) is 1. The van der Waals surface area contributed by atoms with Gasteiger partial charge in [0.25, 0.3) is 5.91 Å². The predicted molar refractivity (Wildman–Crippen MR) is 84.9 cm³/mol. The third-order valence-corrected chi connectivity index (χ3v) is 4.36. The van der Waals surface area contributed by atoms with E-state index in [1.807, 2.05) is 4.90 Å². The summed E-state index contributed by atoms with van der Waals surface area (Å²) in [4.78, 5) is 14.1. The molecule has 2 atom stereocenters. The van der Waals surface area contributed by atoms with Crippen molar-refractivity contribution in [3.8, 4) is 5.75 Å². The van der Waals surface area contributed by atoms with E-state index in [9.17, 15) is 4.79 Å². The molecule has 1 aliphatic rings. The number of nitrogens with two attached hydrogens (primary N) is 1. The fraction of sp³-hybridized carbons (Fsp3) is 0.533. The maximum absolute atomic E-state index is 12.3. The first-order valence-electron chi connectivity index (χ1n) is 7.08. The lowest BCUT2D eigenvalue weighted by molar-refractivity contribution is -0.137. The topological polar surface area (TPSA) is 55.6 Å². The summed E-state index contributed by atoms with van der Waals surface area (Å²) in [7, 11) is 0. The van der Waals surface area contributed by atoms with E-state index >= 15 is 0 Å². The van der Waals surface area contributed by atoms with Gasteiger partial charge < -0.3 is 15.4 Å². The van der Waals surface area contributed by atoms with Crippen molar-refractivity contribution >= 4 is 29.1 Å². The molecule has 1 heterocycles. The molecular weight excluding hydrogens is 311 g/mol. The van der Waals surface area contributed by atoms with E-state index < -0.39 is 0 Å². The number of nitrogens with zero attached hydrogens (tertiary/aromatic N) is 1. The number of hydrogen-bond donors (Lipinski definition) is 1. The Morgan fingerprint density at radius 1 is 1.48 bits per heavy atom. The number of halogens is 2. The van der Waals surface area contributed by atoms with Crippen molar-refractivity contribution in [1.29, 1.82) is 0 Å². The Labute approximate surface area is 135 Å². The SMILES string of the molecule is CC1CCN(C(=O)COc2cc(Cl)ccc2Cl)C(CN)C1. The minimum Gasteiger partial charge on any atom is -0.482 e. The van der Waals surface area contributed by atoms with E-state index in [4.69, 9.17) is 33.7 Å². The Kier molecular flexibility index (Phi) is 5.73. The van der Waals surface area contributed by atoms with Gasteiger partial charge in [-0.05, 0) is 30.9 Å². The molecule has 116 valence electrons. The van der Waals surface area contributed by atoms with Crippen LogP contribution in [0.3, 0.4) is 0 Å². The van der Waals surface area contributed by atoms with Crippen LogP contribution in [-0.2, 0) is 4.79 Å². The summed E-state index contributed by atoms with van der Waals surface area (Å²) in [5, 5.41) is 0.961. The number of hydrogen-bond acceptors (Lipinski definition) is 3. The zero-order valence-corrected chi connectivity index (χ0v) is 13.5. The summed E-state index contributed by atoms with van der Waals surface area (Å²) in [6.07, 6.45) is 1.94. The fourth-order valence-corrected chi connectivity index (χ4v) is 2.95. The van der Waals surface area contributed by atoms with Crippen molar-refractivity contribution in [2.45, 2.75) is 25.8 Å². The van der Waals surface area contributed by atoms with Gasteiger partial charge in [0, 0.05) is 30.2 Å². The number of ether oxygens (including phenoxy) is 1. The third-order valence-electron chi connectivity index (χ3n) is 3.81. The Balaban J connectivity index is 1.96. The van der Waals surface area contributed by atoms with E-state index in [1.54, 1.807) is 18.2 Å². The molecule has 1 aromatic carbocycles. The molecular formula is C15H20Cl2N2O2. The highest BCUT2D eigenvalue weighted by molar-refractivity contribution is 6.34. The maximum atomic E-state index is 12.3. The summed E-state index contributed by atoms with van der Waals surface area (Å²) in [6.45, 7) is 3.35. The smallest absolute Gasteiger partial charge is 0.260 e. The van der Waals surface area contributed by atoms with Crippen LogP contribution in [0.1, 0.15) is 19.8 Å². The lowest BCUT2D eigenvalue weighted by atomic mass is 9.92. The molecule has 2 rings (SSSR count). The molecule has 1 saturated heterocycles. The number of rotatable bonds is 4. The lowest BCUT2D eigenvalue weighted by Crippen LogP contribution is -2.50. The third kappa shape index (κ3) is 4.25. The highest BCUT2D eigenvalue weighted by atomic mass is 35.5. The molecule has 1 fully saturated rings. The van der Waals surface area contributed by atoms with Gasteiger partial charge in [0.2, 0.25) is 0 Å². The Morgan fingerprint density at radius 2 is 2.24 bits per heavy atom. The van der Waals surface area contributed by atoms with Crippen molar-refractivity contribution in [2.75, 3.05) is 19.7 Å². The quantitative estimate of drug-likeness (QED) is 0.923. The zero-order chi connectivity index (χ0) is 15.4. The van der Waals surface area contributed by atoms with E-state index in [1.165, 1.54) is 0 Å². The first kappa shape index (κ1) is 16.4. The van der Waals surface area contributed by atoms with Gasteiger partial charge in [-0.1, -0.05) is 30.1 Å².